The normalized spacial score (nSPS) is 14.4. The van der Waals surface area contributed by atoms with Crippen LogP contribution in [0.4, 0.5) is 17.1 Å². The van der Waals surface area contributed by atoms with Gasteiger partial charge in [-0.1, -0.05) is 131 Å². The molecule has 1 aliphatic carbocycles. The number of aromatic nitrogens is 2. The van der Waals surface area contributed by atoms with Crippen molar-refractivity contribution in [2.24, 2.45) is 0 Å². The zero-order valence-corrected chi connectivity index (χ0v) is 32.1. The lowest BCUT2D eigenvalue weighted by Crippen LogP contribution is -2.26. The summed E-state index contributed by atoms with van der Waals surface area (Å²) in [5.74, 6) is 0. The van der Waals surface area contributed by atoms with Gasteiger partial charge in [0.15, 0.2) is 0 Å². The predicted octanol–water partition coefficient (Wildman–Crippen LogP) is 13.9. The minimum absolute atomic E-state index is 0.103. The van der Waals surface area contributed by atoms with Crippen molar-refractivity contribution in [2.45, 2.75) is 38.5 Å². The van der Waals surface area contributed by atoms with E-state index in [0.29, 0.717) is 0 Å². The fourth-order valence-electron chi connectivity index (χ4n) is 9.73. The smallest absolute Gasteiger partial charge is 0.0963 e. The standard InChI is InChI=1S/C53H41N3/c1-52(2)44-19-9-8-18-41(44)42-28-27-40(33-46(42)52)55(39-17-12-16-36(30-39)34-14-6-5-7-15-34)38-25-23-35(24-26-38)37-31-43-50-49(22-13-29-54-50)56-48-21-11-10-20-45(48)53(3,4)47(32-37)51(43)56/h5-33H,1-4H3. The summed E-state index contributed by atoms with van der Waals surface area (Å²) in [7, 11) is 0. The van der Waals surface area contributed by atoms with Gasteiger partial charge in [-0.2, -0.15) is 0 Å². The average molecular weight is 720 g/mol. The fourth-order valence-corrected chi connectivity index (χ4v) is 9.73. The summed E-state index contributed by atoms with van der Waals surface area (Å²) < 4.78 is 2.43. The van der Waals surface area contributed by atoms with Gasteiger partial charge in [0, 0.05) is 39.5 Å². The molecule has 0 N–H and O–H groups in total. The van der Waals surface area contributed by atoms with E-state index in [2.05, 4.69) is 207 Å². The van der Waals surface area contributed by atoms with E-state index in [4.69, 9.17) is 4.98 Å². The van der Waals surface area contributed by atoms with Gasteiger partial charge in [-0.05, 0) is 122 Å². The lowest BCUT2D eigenvalue weighted by molar-refractivity contribution is 0.630. The quantitative estimate of drug-likeness (QED) is 0.177. The molecule has 11 rings (SSSR count). The van der Waals surface area contributed by atoms with Crippen LogP contribution in [-0.4, -0.2) is 9.55 Å². The largest absolute Gasteiger partial charge is 0.310 e. The number of para-hydroxylation sites is 1. The van der Waals surface area contributed by atoms with Crippen LogP contribution in [0, 0.1) is 0 Å². The van der Waals surface area contributed by atoms with Crippen LogP contribution >= 0.6 is 0 Å². The van der Waals surface area contributed by atoms with Crippen LogP contribution in [0.25, 0.3) is 61.0 Å². The molecule has 56 heavy (non-hydrogen) atoms. The summed E-state index contributed by atoms with van der Waals surface area (Å²) in [6.45, 7) is 9.43. The lowest BCUT2D eigenvalue weighted by atomic mass is 9.74. The highest BCUT2D eigenvalue weighted by molar-refractivity contribution is 6.11. The van der Waals surface area contributed by atoms with Crippen molar-refractivity contribution in [3.63, 3.8) is 0 Å². The number of benzene rings is 7. The highest BCUT2D eigenvalue weighted by atomic mass is 15.1. The molecule has 1 aliphatic heterocycles. The fraction of sp³-hybridized carbons (Fsp3) is 0.113. The monoisotopic (exact) mass is 719 g/mol. The molecule has 3 heterocycles. The minimum atomic E-state index is -0.184. The molecule has 0 saturated carbocycles. The summed E-state index contributed by atoms with van der Waals surface area (Å²) in [6.07, 6.45) is 1.92. The second-order valence-corrected chi connectivity index (χ2v) is 16.5. The summed E-state index contributed by atoms with van der Waals surface area (Å²) in [6, 6.07) is 62.5. The average Bonchev–Trinajstić information content (AvgIpc) is 3.69. The van der Waals surface area contributed by atoms with E-state index in [1.165, 1.54) is 72.2 Å². The maximum atomic E-state index is 4.96. The van der Waals surface area contributed by atoms with E-state index < -0.39 is 0 Å². The molecule has 0 amide bonds. The number of hydrogen-bond acceptors (Lipinski definition) is 2. The minimum Gasteiger partial charge on any atom is -0.310 e. The number of hydrogen-bond donors (Lipinski definition) is 0. The van der Waals surface area contributed by atoms with Crippen LogP contribution in [0.15, 0.2) is 176 Å². The molecule has 2 aromatic heterocycles. The van der Waals surface area contributed by atoms with Crippen LogP contribution in [0.3, 0.4) is 0 Å². The Bertz CT molecular complexity index is 3020. The molecule has 0 saturated heterocycles. The van der Waals surface area contributed by atoms with Crippen LogP contribution in [0.2, 0.25) is 0 Å². The van der Waals surface area contributed by atoms with Gasteiger partial charge in [0.25, 0.3) is 0 Å². The zero-order chi connectivity index (χ0) is 37.8. The third-order valence-corrected chi connectivity index (χ3v) is 12.6. The Morgan fingerprint density at radius 1 is 0.446 bits per heavy atom. The Kier molecular flexibility index (Phi) is 6.94. The van der Waals surface area contributed by atoms with E-state index >= 15 is 0 Å². The highest BCUT2D eigenvalue weighted by Gasteiger charge is 2.37. The Labute approximate surface area is 328 Å². The molecular weight excluding hydrogens is 679 g/mol. The molecule has 3 nitrogen and oxygen atoms in total. The first-order chi connectivity index (χ1) is 27.3. The van der Waals surface area contributed by atoms with Crippen molar-refractivity contribution in [3.8, 4) is 39.1 Å². The van der Waals surface area contributed by atoms with Gasteiger partial charge in [0.2, 0.25) is 0 Å². The molecule has 0 fully saturated rings. The maximum absolute atomic E-state index is 4.96. The number of anilines is 3. The topological polar surface area (TPSA) is 21.1 Å². The van der Waals surface area contributed by atoms with Crippen molar-refractivity contribution in [2.75, 3.05) is 4.90 Å². The van der Waals surface area contributed by atoms with Crippen LogP contribution in [0.1, 0.15) is 49.9 Å². The Balaban J connectivity index is 1.07. The van der Waals surface area contributed by atoms with E-state index in [1.807, 2.05) is 6.20 Å². The van der Waals surface area contributed by atoms with Gasteiger partial charge in [0.05, 0.1) is 22.2 Å². The third-order valence-electron chi connectivity index (χ3n) is 12.6. The molecule has 3 heteroatoms. The van der Waals surface area contributed by atoms with Gasteiger partial charge < -0.3 is 9.47 Å². The Hall–Kier alpha value is -6.71. The second-order valence-electron chi connectivity index (χ2n) is 16.5. The van der Waals surface area contributed by atoms with E-state index in [0.717, 1.165) is 28.1 Å². The number of nitrogens with zero attached hydrogens (tertiary/aromatic N) is 3. The molecule has 7 aromatic carbocycles. The highest BCUT2D eigenvalue weighted by Crippen LogP contribution is 2.52. The first kappa shape index (κ1) is 32.7. The number of rotatable bonds is 5. The van der Waals surface area contributed by atoms with E-state index in [-0.39, 0.29) is 10.8 Å². The molecule has 0 radical (unpaired) electrons. The van der Waals surface area contributed by atoms with E-state index in [1.54, 1.807) is 0 Å². The van der Waals surface area contributed by atoms with Gasteiger partial charge in [-0.3, -0.25) is 4.98 Å². The van der Waals surface area contributed by atoms with Gasteiger partial charge in [0.1, 0.15) is 0 Å². The SMILES string of the molecule is CC1(C)c2ccccc2-c2ccc(N(c3ccc(-c4cc5c6c(c4)c4ncccc4n6-c4ccccc4C5(C)C)cc3)c3cccc(-c4ccccc4)c3)cc21. The van der Waals surface area contributed by atoms with Crippen molar-refractivity contribution in [1.29, 1.82) is 0 Å². The van der Waals surface area contributed by atoms with Gasteiger partial charge in [-0.25, -0.2) is 0 Å². The van der Waals surface area contributed by atoms with Crippen LogP contribution in [-0.2, 0) is 10.8 Å². The summed E-state index contributed by atoms with van der Waals surface area (Å²) >= 11 is 0. The molecule has 0 unspecified atom stereocenters. The third kappa shape index (κ3) is 4.67. The molecule has 2 aliphatic rings. The summed E-state index contributed by atoms with van der Waals surface area (Å²) in [4.78, 5) is 7.37. The molecule has 268 valence electrons. The van der Waals surface area contributed by atoms with Crippen molar-refractivity contribution >= 4 is 39.0 Å². The Morgan fingerprint density at radius 3 is 1.95 bits per heavy atom. The summed E-state index contributed by atoms with van der Waals surface area (Å²) in [5, 5.41) is 1.20. The molecule has 9 aromatic rings. The lowest BCUT2D eigenvalue weighted by Gasteiger charge is -2.35. The first-order valence-electron chi connectivity index (χ1n) is 19.6. The van der Waals surface area contributed by atoms with Gasteiger partial charge in [-0.15, -0.1) is 0 Å². The molecule has 0 bridgehead atoms. The summed E-state index contributed by atoms with van der Waals surface area (Å²) in [5.41, 5.74) is 20.6. The predicted molar refractivity (Wildman–Crippen MR) is 234 cm³/mol. The number of fused-ring (bicyclic) bond motifs is 8. The Morgan fingerprint density at radius 2 is 1.11 bits per heavy atom. The molecule has 0 atom stereocenters. The van der Waals surface area contributed by atoms with Crippen molar-refractivity contribution in [3.05, 3.63) is 198 Å². The van der Waals surface area contributed by atoms with E-state index in [9.17, 15) is 0 Å². The van der Waals surface area contributed by atoms with Crippen LogP contribution < -0.4 is 4.90 Å². The maximum Gasteiger partial charge on any atom is 0.0963 e. The van der Waals surface area contributed by atoms with Gasteiger partial charge >= 0.3 is 0 Å². The zero-order valence-electron chi connectivity index (χ0n) is 32.1. The first-order valence-corrected chi connectivity index (χ1v) is 19.6. The molecular formula is C53H41N3. The van der Waals surface area contributed by atoms with Crippen molar-refractivity contribution < 1.29 is 0 Å². The number of pyridine rings is 1. The van der Waals surface area contributed by atoms with Crippen LogP contribution in [0.5, 0.6) is 0 Å². The molecule has 0 spiro atoms. The second kappa shape index (κ2) is 11.9. The van der Waals surface area contributed by atoms with Crippen molar-refractivity contribution in [1.82, 2.24) is 9.55 Å².